The Labute approximate surface area is 83.2 Å². The van der Waals surface area contributed by atoms with Gasteiger partial charge in [0.25, 0.3) is 0 Å². The van der Waals surface area contributed by atoms with Gasteiger partial charge in [0.1, 0.15) is 0 Å². The summed E-state index contributed by atoms with van der Waals surface area (Å²) in [7, 11) is 0. The summed E-state index contributed by atoms with van der Waals surface area (Å²) < 4.78 is 5.75. The first kappa shape index (κ1) is 12.7. The summed E-state index contributed by atoms with van der Waals surface area (Å²) in [5.41, 5.74) is 0. The second-order valence-corrected chi connectivity index (χ2v) is 3.43. The molecule has 0 bridgehead atoms. The second kappa shape index (κ2) is 7.14. The van der Waals surface area contributed by atoms with Crippen LogP contribution < -0.4 is 0 Å². The normalized spacial score (nSPS) is 29.0. The fourth-order valence-electron chi connectivity index (χ4n) is 1.41. The molecule has 0 aromatic rings. The molecule has 0 N–H and O–H groups in total. The minimum absolute atomic E-state index is 0.322. The standard InChI is InChI=1S/C10H18O.C2H6/c1-4-8(2)10-7-5-6-9(3)11-10;1-2/h5-6,8-10H,4,7H2,1-3H3;1-2H3/t8?,9-,10+;/m1./s1. The quantitative estimate of drug-likeness (QED) is 0.593. The van der Waals surface area contributed by atoms with Gasteiger partial charge in [-0.3, -0.25) is 0 Å². The summed E-state index contributed by atoms with van der Waals surface area (Å²) in [5.74, 6) is 0.697. The molecule has 1 nitrogen and oxygen atoms in total. The van der Waals surface area contributed by atoms with Crippen LogP contribution in [-0.2, 0) is 4.74 Å². The first-order valence-electron chi connectivity index (χ1n) is 5.56. The van der Waals surface area contributed by atoms with Crippen LogP contribution in [0.5, 0.6) is 0 Å². The molecule has 0 aromatic carbocycles. The van der Waals surface area contributed by atoms with Gasteiger partial charge in [0.2, 0.25) is 0 Å². The number of ether oxygens (including phenoxy) is 1. The lowest BCUT2D eigenvalue weighted by atomic mass is 9.97. The lowest BCUT2D eigenvalue weighted by Gasteiger charge is -2.27. The van der Waals surface area contributed by atoms with E-state index in [0.29, 0.717) is 18.1 Å². The molecular weight excluding hydrogens is 160 g/mol. The van der Waals surface area contributed by atoms with Gasteiger partial charge < -0.3 is 4.74 Å². The van der Waals surface area contributed by atoms with Crippen molar-refractivity contribution in [2.24, 2.45) is 5.92 Å². The van der Waals surface area contributed by atoms with Gasteiger partial charge in [-0.1, -0.05) is 46.3 Å². The van der Waals surface area contributed by atoms with Crippen molar-refractivity contribution in [3.63, 3.8) is 0 Å². The molecule has 0 saturated carbocycles. The van der Waals surface area contributed by atoms with E-state index in [1.165, 1.54) is 6.42 Å². The zero-order chi connectivity index (χ0) is 10.3. The van der Waals surface area contributed by atoms with Gasteiger partial charge >= 0.3 is 0 Å². The largest absolute Gasteiger partial charge is 0.371 e. The molecule has 1 heteroatoms. The molecule has 3 atom stereocenters. The van der Waals surface area contributed by atoms with E-state index >= 15 is 0 Å². The van der Waals surface area contributed by atoms with Crippen molar-refractivity contribution in [1.29, 1.82) is 0 Å². The first-order chi connectivity index (χ1) is 6.24. The SMILES string of the molecule is CC.CCC(C)[C@@H]1CC=C[C@@H](C)O1. The van der Waals surface area contributed by atoms with Crippen molar-refractivity contribution < 1.29 is 4.74 Å². The predicted octanol–water partition coefficient (Wildman–Crippen LogP) is 3.79. The van der Waals surface area contributed by atoms with Crippen LogP contribution in [0.1, 0.15) is 47.5 Å². The summed E-state index contributed by atoms with van der Waals surface area (Å²) in [6, 6.07) is 0. The Morgan fingerprint density at radius 1 is 1.46 bits per heavy atom. The van der Waals surface area contributed by atoms with Crippen LogP contribution in [-0.4, -0.2) is 12.2 Å². The molecule has 13 heavy (non-hydrogen) atoms. The Bertz CT molecular complexity index is 140. The average Bonchev–Trinajstić information content (AvgIpc) is 2.20. The van der Waals surface area contributed by atoms with Crippen molar-refractivity contribution >= 4 is 0 Å². The Balaban J connectivity index is 0.000000671. The average molecular weight is 184 g/mol. The molecule has 0 amide bonds. The summed E-state index contributed by atoms with van der Waals surface area (Å²) in [5, 5.41) is 0. The lowest BCUT2D eigenvalue weighted by molar-refractivity contribution is -0.0162. The lowest BCUT2D eigenvalue weighted by Crippen LogP contribution is -2.27. The summed E-state index contributed by atoms with van der Waals surface area (Å²) >= 11 is 0. The zero-order valence-electron chi connectivity index (χ0n) is 9.71. The molecule has 0 radical (unpaired) electrons. The third-order valence-corrected chi connectivity index (χ3v) is 2.44. The maximum atomic E-state index is 5.75. The van der Waals surface area contributed by atoms with E-state index in [2.05, 4.69) is 32.9 Å². The van der Waals surface area contributed by atoms with Crippen LogP contribution in [0.3, 0.4) is 0 Å². The van der Waals surface area contributed by atoms with E-state index in [1.54, 1.807) is 0 Å². The van der Waals surface area contributed by atoms with Crippen molar-refractivity contribution in [2.45, 2.75) is 59.7 Å². The number of hydrogen-bond donors (Lipinski definition) is 0. The van der Waals surface area contributed by atoms with Crippen LogP contribution in [0.4, 0.5) is 0 Å². The van der Waals surface area contributed by atoms with Gasteiger partial charge in [-0.15, -0.1) is 0 Å². The van der Waals surface area contributed by atoms with Gasteiger partial charge in [0.15, 0.2) is 0 Å². The van der Waals surface area contributed by atoms with Crippen molar-refractivity contribution in [1.82, 2.24) is 0 Å². The third kappa shape index (κ3) is 4.47. The fraction of sp³-hybridized carbons (Fsp3) is 0.833. The second-order valence-electron chi connectivity index (χ2n) is 3.43. The topological polar surface area (TPSA) is 9.23 Å². The van der Waals surface area contributed by atoms with Crippen molar-refractivity contribution in [3.8, 4) is 0 Å². The molecule has 0 saturated heterocycles. The summed E-state index contributed by atoms with van der Waals surface area (Å²) in [6.07, 6.45) is 7.47. The van der Waals surface area contributed by atoms with Crippen LogP contribution in [0.2, 0.25) is 0 Å². The zero-order valence-corrected chi connectivity index (χ0v) is 9.71. The van der Waals surface area contributed by atoms with Crippen molar-refractivity contribution in [3.05, 3.63) is 12.2 Å². The Morgan fingerprint density at radius 2 is 2.08 bits per heavy atom. The molecule has 1 aliphatic rings. The highest BCUT2D eigenvalue weighted by molar-refractivity contribution is 4.95. The van der Waals surface area contributed by atoms with E-state index < -0.39 is 0 Å². The van der Waals surface area contributed by atoms with E-state index in [1.807, 2.05) is 13.8 Å². The highest BCUT2D eigenvalue weighted by Crippen LogP contribution is 2.20. The molecule has 1 unspecified atom stereocenters. The molecule has 78 valence electrons. The van der Waals surface area contributed by atoms with Crippen molar-refractivity contribution in [2.75, 3.05) is 0 Å². The number of rotatable bonds is 2. The van der Waals surface area contributed by atoms with Crippen LogP contribution in [0, 0.1) is 5.92 Å². The van der Waals surface area contributed by atoms with Gasteiger partial charge in [0, 0.05) is 0 Å². The molecule has 1 aliphatic heterocycles. The molecular formula is C12H24O. The first-order valence-corrected chi connectivity index (χ1v) is 5.56. The van der Waals surface area contributed by atoms with Gasteiger partial charge in [-0.25, -0.2) is 0 Å². The molecule has 1 heterocycles. The highest BCUT2D eigenvalue weighted by atomic mass is 16.5. The molecule has 0 aliphatic carbocycles. The van der Waals surface area contributed by atoms with E-state index in [0.717, 1.165) is 6.42 Å². The van der Waals surface area contributed by atoms with E-state index in [4.69, 9.17) is 4.74 Å². The van der Waals surface area contributed by atoms with Crippen LogP contribution in [0.15, 0.2) is 12.2 Å². The Morgan fingerprint density at radius 3 is 2.54 bits per heavy atom. The number of hydrogen-bond acceptors (Lipinski definition) is 1. The van der Waals surface area contributed by atoms with Gasteiger partial charge in [0.05, 0.1) is 12.2 Å². The third-order valence-electron chi connectivity index (χ3n) is 2.44. The molecule has 0 spiro atoms. The molecule has 0 fully saturated rings. The summed E-state index contributed by atoms with van der Waals surface area (Å²) in [4.78, 5) is 0. The van der Waals surface area contributed by atoms with E-state index in [9.17, 15) is 0 Å². The van der Waals surface area contributed by atoms with Gasteiger partial charge in [-0.2, -0.15) is 0 Å². The Kier molecular flexibility index (Phi) is 6.97. The minimum atomic E-state index is 0.322. The smallest absolute Gasteiger partial charge is 0.0731 e. The maximum absolute atomic E-state index is 5.75. The van der Waals surface area contributed by atoms with Crippen LogP contribution in [0.25, 0.3) is 0 Å². The Hall–Kier alpha value is -0.300. The fourth-order valence-corrected chi connectivity index (χ4v) is 1.41. The van der Waals surface area contributed by atoms with E-state index in [-0.39, 0.29) is 0 Å². The predicted molar refractivity (Wildman–Crippen MR) is 58.9 cm³/mol. The maximum Gasteiger partial charge on any atom is 0.0731 e. The van der Waals surface area contributed by atoms with Crippen LogP contribution >= 0.6 is 0 Å². The monoisotopic (exact) mass is 184 g/mol. The highest BCUT2D eigenvalue weighted by Gasteiger charge is 2.19. The molecule has 0 aromatic heterocycles. The molecule has 1 rings (SSSR count). The summed E-state index contributed by atoms with van der Waals surface area (Å²) in [6.45, 7) is 10.6. The van der Waals surface area contributed by atoms with Gasteiger partial charge in [-0.05, 0) is 19.3 Å². The minimum Gasteiger partial charge on any atom is -0.371 e.